The third-order valence-electron chi connectivity index (χ3n) is 4.10. The van der Waals surface area contributed by atoms with Crippen LogP contribution in [-0.2, 0) is 0 Å². The maximum Gasteiger partial charge on any atom is 0.111 e. The van der Waals surface area contributed by atoms with Gasteiger partial charge in [-0.15, -0.1) is 11.3 Å². The van der Waals surface area contributed by atoms with Gasteiger partial charge >= 0.3 is 0 Å². The van der Waals surface area contributed by atoms with Gasteiger partial charge < -0.3 is 5.73 Å². The molecule has 1 fully saturated rings. The molecule has 3 nitrogen and oxygen atoms in total. The normalized spacial score (nSPS) is 22.7. The first-order valence-electron chi connectivity index (χ1n) is 7.07. The summed E-state index contributed by atoms with van der Waals surface area (Å²) >= 11 is 1.82. The molecule has 2 aromatic rings. The second kappa shape index (κ2) is 5.57. The Kier molecular flexibility index (Phi) is 3.82. The Balaban J connectivity index is 1.80. The molecule has 0 radical (unpaired) electrons. The zero-order valence-electron chi connectivity index (χ0n) is 11.4. The molecule has 2 N–H and O–H groups in total. The molecular weight excluding hydrogens is 254 g/mol. The van der Waals surface area contributed by atoms with Gasteiger partial charge in [-0.2, -0.15) is 0 Å². The number of para-hydroxylation sites is 1. The van der Waals surface area contributed by atoms with Crippen molar-refractivity contribution in [3.8, 4) is 0 Å². The van der Waals surface area contributed by atoms with Gasteiger partial charge in [0.2, 0.25) is 0 Å². The van der Waals surface area contributed by atoms with Crippen LogP contribution in [0.4, 0.5) is 0 Å². The molecule has 0 spiro atoms. The highest BCUT2D eigenvalue weighted by molar-refractivity contribution is 7.18. The van der Waals surface area contributed by atoms with Crippen molar-refractivity contribution in [2.75, 3.05) is 19.6 Å². The standard InChI is InChI=1S/C15H21N3S/c1-11(18-8-4-5-12(9-16)10-18)15-17-13-6-2-3-7-14(13)19-15/h2-3,6-7,11-12H,4-5,8-10,16H2,1H3. The van der Waals surface area contributed by atoms with Crippen molar-refractivity contribution in [3.63, 3.8) is 0 Å². The van der Waals surface area contributed by atoms with Crippen molar-refractivity contribution >= 4 is 21.6 Å². The molecule has 102 valence electrons. The summed E-state index contributed by atoms with van der Waals surface area (Å²) in [4.78, 5) is 7.32. The zero-order chi connectivity index (χ0) is 13.2. The Hall–Kier alpha value is -0.970. The number of thiazole rings is 1. The first kappa shape index (κ1) is 13.0. The summed E-state index contributed by atoms with van der Waals surface area (Å²) in [5.74, 6) is 0.658. The monoisotopic (exact) mass is 275 g/mol. The van der Waals surface area contributed by atoms with E-state index in [0.717, 1.165) is 18.6 Å². The van der Waals surface area contributed by atoms with Crippen LogP contribution in [-0.4, -0.2) is 29.5 Å². The number of likely N-dealkylation sites (tertiary alicyclic amines) is 1. The minimum atomic E-state index is 0.409. The lowest BCUT2D eigenvalue weighted by Gasteiger charge is -2.35. The van der Waals surface area contributed by atoms with Gasteiger partial charge in [-0.3, -0.25) is 4.90 Å². The number of nitrogens with two attached hydrogens (primary N) is 1. The van der Waals surface area contributed by atoms with Gasteiger partial charge in [-0.05, 0) is 50.9 Å². The molecule has 1 aliphatic rings. The lowest BCUT2D eigenvalue weighted by atomic mass is 9.97. The number of rotatable bonds is 3. The Morgan fingerprint density at radius 2 is 2.32 bits per heavy atom. The van der Waals surface area contributed by atoms with Crippen molar-refractivity contribution in [1.82, 2.24) is 9.88 Å². The zero-order valence-corrected chi connectivity index (χ0v) is 12.2. The van der Waals surface area contributed by atoms with E-state index in [-0.39, 0.29) is 0 Å². The third-order valence-corrected chi connectivity index (χ3v) is 5.31. The van der Waals surface area contributed by atoms with Crippen LogP contribution in [0.15, 0.2) is 24.3 Å². The summed E-state index contributed by atoms with van der Waals surface area (Å²) in [7, 11) is 0. The number of nitrogens with zero attached hydrogens (tertiary/aromatic N) is 2. The van der Waals surface area contributed by atoms with E-state index in [2.05, 4.69) is 36.1 Å². The largest absolute Gasteiger partial charge is 0.330 e. The van der Waals surface area contributed by atoms with Crippen LogP contribution < -0.4 is 5.73 Å². The number of fused-ring (bicyclic) bond motifs is 1. The topological polar surface area (TPSA) is 42.2 Å². The van der Waals surface area contributed by atoms with Crippen molar-refractivity contribution in [2.24, 2.45) is 11.7 Å². The Morgan fingerprint density at radius 3 is 3.11 bits per heavy atom. The van der Waals surface area contributed by atoms with Gasteiger partial charge in [0.05, 0.1) is 16.3 Å². The maximum absolute atomic E-state index is 5.83. The van der Waals surface area contributed by atoms with Crippen LogP contribution in [0.2, 0.25) is 0 Å². The summed E-state index contributed by atoms with van der Waals surface area (Å²) < 4.78 is 1.29. The number of hydrogen-bond acceptors (Lipinski definition) is 4. The molecule has 2 unspecified atom stereocenters. The fourth-order valence-electron chi connectivity index (χ4n) is 2.87. The minimum absolute atomic E-state index is 0.409. The van der Waals surface area contributed by atoms with Crippen LogP contribution in [0.3, 0.4) is 0 Å². The molecule has 2 atom stereocenters. The van der Waals surface area contributed by atoms with Crippen LogP contribution in [0.25, 0.3) is 10.2 Å². The third kappa shape index (κ3) is 2.66. The van der Waals surface area contributed by atoms with E-state index in [1.807, 2.05) is 11.3 Å². The molecule has 0 saturated carbocycles. The summed E-state index contributed by atoms with van der Waals surface area (Å²) in [6.45, 7) is 5.38. The number of aromatic nitrogens is 1. The van der Waals surface area contributed by atoms with E-state index < -0.39 is 0 Å². The van der Waals surface area contributed by atoms with Crippen molar-refractivity contribution in [3.05, 3.63) is 29.3 Å². The van der Waals surface area contributed by atoms with Crippen LogP contribution >= 0.6 is 11.3 Å². The summed E-state index contributed by atoms with van der Waals surface area (Å²) in [6, 6.07) is 8.80. The van der Waals surface area contributed by atoms with Crippen LogP contribution in [0.5, 0.6) is 0 Å². The van der Waals surface area contributed by atoms with E-state index in [1.165, 1.54) is 29.1 Å². The molecule has 1 aromatic heterocycles. The maximum atomic E-state index is 5.83. The highest BCUT2D eigenvalue weighted by Crippen LogP contribution is 2.31. The van der Waals surface area contributed by atoms with E-state index in [4.69, 9.17) is 10.7 Å². The van der Waals surface area contributed by atoms with Crippen LogP contribution in [0, 0.1) is 5.92 Å². The molecule has 0 amide bonds. The molecule has 1 saturated heterocycles. The second-order valence-corrected chi connectivity index (χ2v) is 6.50. The summed E-state index contributed by atoms with van der Waals surface area (Å²) in [5.41, 5.74) is 6.95. The van der Waals surface area contributed by atoms with Gasteiger partial charge in [0.15, 0.2) is 0 Å². The highest BCUT2D eigenvalue weighted by atomic mass is 32.1. The highest BCUT2D eigenvalue weighted by Gasteiger charge is 2.25. The average Bonchev–Trinajstić information content (AvgIpc) is 2.90. The predicted octanol–water partition coefficient (Wildman–Crippen LogP) is 3.03. The molecule has 1 aromatic carbocycles. The molecule has 0 aliphatic carbocycles. The van der Waals surface area contributed by atoms with Gasteiger partial charge in [0.25, 0.3) is 0 Å². The van der Waals surface area contributed by atoms with Crippen molar-refractivity contribution < 1.29 is 0 Å². The van der Waals surface area contributed by atoms with Gasteiger partial charge in [-0.1, -0.05) is 12.1 Å². The van der Waals surface area contributed by atoms with E-state index >= 15 is 0 Å². The smallest absolute Gasteiger partial charge is 0.111 e. The molecule has 2 heterocycles. The van der Waals surface area contributed by atoms with Crippen molar-refractivity contribution in [2.45, 2.75) is 25.8 Å². The van der Waals surface area contributed by atoms with Gasteiger partial charge in [0, 0.05) is 6.54 Å². The Morgan fingerprint density at radius 1 is 1.47 bits per heavy atom. The Labute approximate surface area is 118 Å². The molecule has 0 bridgehead atoms. The van der Waals surface area contributed by atoms with Gasteiger partial charge in [0.1, 0.15) is 5.01 Å². The number of hydrogen-bond donors (Lipinski definition) is 1. The van der Waals surface area contributed by atoms with E-state index in [0.29, 0.717) is 12.0 Å². The first-order chi connectivity index (χ1) is 9.28. The quantitative estimate of drug-likeness (QED) is 0.936. The van der Waals surface area contributed by atoms with Crippen LogP contribution in [0.1, 0.15) is 30.8 Å². The fraction of sp³-hybridized carbons (Fsp3) is 0.533. The molecule has 1 aliphatic heterocycles. The first-order valence-corrected chi connectivity index (χ1v) is 7.89. The summed E-state index contributed by atoms with van der Waals surface area (Å²) in [5, 5.41) is 1.24. The SMILES string of the molecule is CC(c1nc2ccccc2s1)N1CCCC(CN)C1. The molecular formula is C15H21N3S. The molecule has 4 heteroatoms. The number of benzene rings is 1. The van der Waals surface area contributed by atoms with E-state index in [9.17, 15) is 0 Å². The molecule has 19 heavy (non-hydrogen) atoms. The second-order valence-electron chi connectivity index (χ2n) is 5.43. The lowest BCUT2D eigenvalue weighted by Crippen LogP contribution is -2.39. The average molecular weight is 275 g/mol. The van der Waals surface area contributed by atoms with Crippen molar-refractivity contribution in [1.29, 1.82) is 0 Å². The number of piperidine rings is 1. The van der Waals surface area contributed by atoms with E-state index in [1.54, 1.807) is 0 Å². The fourth-order valence-corrected chi connectivity index (χ4v) is 3.92. The minimum Gasteiger partial charge on any atom is -0.330 e. The predicted molar refractivity (Wildman–Crippen MR) is 81.4 cm³/mol. The summed E-state index contributed by atoms with van der Waals surface area (Å²) in [6.07, 6.45) is 2.54. The Bertz CT molecular complexity index is 518. The molecule has 3 rings (SSSR count). The van der Waals surface area contributed by atoms with Gasteiger partial charge in [-0.25, -0.2) is 4.98 Å². The lowest BCUT2D eigenvalue weighted by molar-refractivity contribution is 0.134.